The fraction of sp³-hybridized carbons (Fsp3) is 1.00. The van der Waals surface area contributed by atoms with Gasteiger partial charge < -0.3 is 40.5 Å². The lowest BCUT2D eigenvalue weighted by Crippen LogP contribution is -2.85. The SMILES string of the molecule is C[C@H]1CC[C@@H]2N(C1)C[C@@H]1[C@](O)([C@@H](O)C[C@@]3(O)[C@@H]4CC[C@@H]5[C@@]6(O)O[C@@]4(C[C@@]13O)[C@@]5(C)CC[C@H]6O)[C@]2(C)O.Cl. The topological polar surface area (TPSA) is 154 Å². The number of aliphatic hydroxyl groups is 7. The molecule has 4 aliphatic carbocycles. The average Bonchev–Trinajstić information content (AvgIpc) is 2.97. The van der Waals surface area contributed by atoms with E-state index in [2.05, 4.69) is 11.8 Å². The molecule has 4 saturated carbocycles. The van der Waals surface area contributed by atoms with Crippen LogP contribution in [-0.2, 0) is 4.74 Å². The maximum Gasteiger partial charge on any atom is 0.196 e. The smallest absolute Gasteiger partial charge is 0.196 e. The van der Waals surface area contributed by atoms with Gasteiger partial charge in [-0.05, 0) is 51.4 Å². The molecule has 7 aliphatic rings. The van der Waals surface area contributed by atoms with Gasteiger partial charge in [-0.2, -0.15) is 0 Å². The molecule has 7 rings (SSSR count). The minimum absolute atomic E-state index is 0. The van der Waals surface area contributed by atoms with Crippen LogP contribution in [0.2, 0.25) is 0 Å². The number of fused-ring (bicyclic) bond motifs is 5. The molecule has 0 aromatic rings. The number of aliphatic hydroxyl groups excluding tert-OH is 2. The van der Waals surface area contributed by atoms with Crippen molar-refractivity contribution in [3.63, 3.8) is 0 Å². The predicted octanol–water partition coefficient (Wildman–Crippen LogP) is -0.104. The highest BCUT2D eigenvalue weighted by Crippen LogP contribution is 2.78. The lowest BCUT2D eigenvalue weighted by atomic mass is 9.49. The highest BCUT2D eigenvalue weighted by Gasteiger charge is 2.88. The third kappa shape index (κ3) is 2.61. The molecule has 7 N–H and O–H groups in total. The van der Waals surface area contributed by atoms with E-state index in [1.54, 1.807) is 6.92 Å². The van der Waals surface area contributed by atoms with Crippen LogP contribution in [0.4, 0.5) is 0 Å². The molecule has 0 unspecified atom stereocenters. The summed E-state index contributed by atoms with van der Waals surface area (Å²) in [5.41, 5.74) is -9.07. The molecular formula is C27H44ClNO8. The molecule has 7 fully saturated rings. The molecule has 212 valence electrons. The summed E-state index contributed by atoms with van der Waals surface area (Å²) in [5, 5.41) is 83.2. The molecule has 0 radical (unpaired) electrons. The van der Waals surface area contributed by atoms with Crippen LogP contribution < -0.4 is 0 Å². The Balaban J connectivity index is 0.00000252. The summed E-state index contributed by atoms with van der Waals surface area (Å²) in [7, 11) is 0. The number of nitrogens with zero attached hydrogens (tertiary/aromatic N) is 1. The van der Waals surface area contributed by atoms with E-state index in [4.69, 9.17) is 4.74 Å². The van der Waals surface area contributed by atoms with Crippen LogP contribution in [-0.4, -0.2) is 106 Å². The summed E-state index contributed by atoms with van der Waals surface area (Å²) >= 11 is 0. The quantitative estimate of drug-likeness (QED) is 0.221. The third-order valence-electron chi connectivity index (χ3n) is 13.1. The van der Waals surface area contributed by atoms with Crippen molar-refractivity contribution in [2.24, 2.45) is 29.1 Å². The number of hydrogen-bond acceptors (Lipinski definition) is 9. The van der Waals surface area contributed by atoms with Crippen LogP contribution in [0, 0.1) is 29.1 Å². The van der Waals surface area contributed by atoms with Crippen LogP contribution in [0.15, 0.2) is 0 Å². The Morgan fingerprint density at radius 1 is 0.784 bits per heavy atom. The van der Waals surface area contributed by atoms with Crippen LogP contribution in [0.1, 0.15) is 72.1 Å². The molecule has 37 heavy (non-hydrogen) atoms. The summed E-state index contributed by atoms with van der Waals surface area (Å²) in [6.07, 6.45) is 0.752. The maximum atomic E-state index is 12.7. The monoisotopic (exact) mass is 545 g/mol. The van der Waals surface area contributed by atoms with Crippen molar-refractivity contribution < 1.29 is 40.5 Å². The number of ether oxygens (including phenoxy) is 1. The number of hydrogen-bond donors (Lipinski definition) is 7. The van der Waals surface area contributed by atoms with Crippen LogP contribution in [0.25, 0.3) is 0 Å². The molecule has 14 atom stereocenters. The molecule has 0 amide bonds. The number of rotatable bonds is 0. The Bertz CT molecular complexity index is 1000. The van der Waals surface area contributed by atoms with E-state index in [9.17, 15) is 35.7 Å². The summed E-state index contributed by atoms with van der Waals surface area (Å²) in [5.74, 6) is -3.30. The van der Waals surface area contributed by atoms with Gasteiger partial charge >= 0.3 is 0 Å². The van der Waals surface area contributed by atoms with Gasteiger partial charge in [-0.15, -0.1) is 12.4 Å². The second kappa shape index (κ2) is 7.41. The second-order valence-corrected chi connectivity index (χ2v) is 14.3. The van der Waals surface area contributed by atoms with Crippen molar-refractivity contribution in [3.05, 3.63) is 0 Å². The predicted molar refractivity (Wildman–Crippen MR) is 134 cm³/mol. The van der Waals surface area contributed by atoms with Gasteiger partial charge in [-0.3, -0.25) is 4.90 Å². The zero-order valence-electron chi connectivity index (χ0n) is 22.0. The first-order chi connectivity index (χ1) is 16.6. The second-order valence-electron chi connectivity index (χ2n) is 14.3. The Morgan fingerprint density at radius 3 is 2.16 bits per heavy atom. The summed E-state index contributed by atoms with van der Waals surface area (Å²) in [4.78, 5) is 2.12. The van der Waals surface area contributed by atoms with E-state index >= 15 is 0 Å². The van der Waals surface area contributed by atoms with Gasteiger partial charge in [-0.1, -0.05) is 13.8 Å². The van der Waals surface area contributed by atoms with E-state index in [1.807, 2.05) is 6.92 Å². The van der Waals surface area contributed by atoms with Gasteiger partial charge in [0.25, 0.3) is 0 Å². The molecule has 3 heterocycles. The van der Waals surface area contributed by atoms with Gasteiger partial charge in [-0.25, -0.2) is 0 Å². The van der Waals surface area contributed by atoms with Crippen molar-refractivity contribution in [2.75, 3.05) is 13.1 Å². The van der Waals surface area contributed by atoms with Crippen molar-refractivity contribution in [2.45, 2.75) is 124 Å². The molecule has 0 aromatic heterocycles. The summed E-state index contributed by atoms with van der Waals surface area (Å²) in [6, 6.07) is -0.360. The van der Waals surface area contributed by atoms with E-state index in [-0.39, 0.29) is 43.8 Å². The zero-order valence-corrected chi connectivity index (χ0v) is 22.8. The normalized spacial score (nSPS) is 66.2. The molecule has 1 spiro atoms. The van der Waals surface area contributed by atoms with Gasteiger partial charge in [0.15, 0.2) is 5.79 Å². The van der Waals surface area contributed by atoms with Crippen molar-refractivity contribution in [1.82, 2.24) is 4.90 Å². The minimum Gasteiger partial charge on any atom is -0.390 e. The molecule has 3 aliphatic heterocycles. The van der Waals surface area contributed by atoms with Crippen molar-refractivity contribution >= 4 is 12.4 Å². The third-order valence-corrected chi connectivity index (χ3v) is 13.1. The first-order valence-corrected chi connectivity index (χ1v) is 14.0. The average molecular weight is 546 g/mol. The molecular weight excluding hydrogens is 502 g/mol. The molecule has 0 aromatic carbocycles. The molecule has 9 nitrogen and oxygen atoms in total. The lowest BCUT2D eigenvalue weighted by Gasteiger charge is -2.68. The van der Waals surface area contributed by atoms with E-state index in [0.717, 1.165) is 6.42 Å². The van der Waals surface area contributed by atoms with Gasteiger partial charge in [0.05, 0.1) is 11.7 Å². The Kier molecular flexibility index (Phi) is 5.43. The first kappa shape index (κ1) is 27.1. The zero-order chi connectivity index (χ0) is 25.9. The summed E-state index contributed by atoms with van der Waals surface area (Å²) < 4.78 is 6.52. The van der Waals surface area contributed by atoms with Crippen molar-refractivity contribution in [3.8, 4) is 0 Å². The lowest BCUT2D eigenvalue weighted by molar-refractivity contribution is -0.354. The van der Waals surface area contributed by atoms with Crippen LogP contribution in [0.5, 0.6) is 0 Å². The molecule has 10 heteroatoms. The van der Waals surface area contributed by atoms with Gasteiger partial charge in [0.2, 0.25) is 0 Å². The standard InChI is InChI=1S/C27H43NO8.ClH/c1-14-4-7-18-22(3,31)26(34)17(12-28(18)11-14)24(33)13-25-16(23(24,32)10-20(26)30)6-5-15-21(25,2)9-8-19(29)27(15,35)36-25;/h14-20,29-35H,4-13H2,1-3H3;1H/t14-,15-,16-,17-,18-,19+,20-,21-,22+,23+,24+,25+,26-,27+;/m0./s1. The molecule has 3 saturated heterocycles. The summed E-state index contributed by atoms with van der Waals surface area (Å²) in [6.45, 7) is 6.70. The largest absolute Gasteiger partial charge is 0.390 e. The van der Waals surface area contributed by atoms with E-state index < -0.39 is 63.3 Å². The highest BCUT2D eigenvalue weighted by molar-refractivity contribution is 5.85. The maximum absolute atomic E-state index is 12.7. The van der Waals surface area contributed by atoms with Gasteiger partial charge in [0.1, 0.15) is 28.5 Å². The first-order valence-electron chi connectivity index (χ1n) is 14.0. The van der Waals surface area contributed by atoms with Crippen LogP contribution in [0.3, 0.4) is 0 Å². The van der Waals surface area contributed by atoms with E-state index in [1.165, 1.54) is 0 Å². The Morgan fingerprint density at radius 2 is 1.46 bits per heavy atom. The minimum atomic E-state index is -2.02. The highest BCUT2D eigenvalue weighted by atomic mass is 35.5. The fourth-order valence-electron chi connectivity index (χ4n) is 11.3. The number of piperidine rings is 2. The Hall–Kier alpha value is -0.0700. The van der Waals surface area contributed by atoms with Gasteiger partial charge in [0, 0.05) is 55.1 Å². The Labute approximate surface area is 224 Å². The number of halogens is 1. The van der Waals surface area contributed by atoms with E-state index in [0.29, 0.717) is 44.6 Å². The molecule has 4 bridgehead atoms. The van der Waals surface area contributed by atoms with Crippen LogP contribution >= 0.6 is 12.4 Å². The fourth-order valence-corrected chi connectivity index (χ4v) is 11.3. The van der Waals surface area contributed by atoms with Crippen molar-refractivity contribution in [1.29, 1.82) is 0 Å².